The molecule has 0 spiro atoms. The van der Waals surface area contributed by atoms with Gasteiger partial charge in [0.2, 0.25) is 0 Å². The number of rotatable bonds is 1. The highest BCUT2D eigenvalue weighted by molar-refractivity contribution is 14.1. The lowest BCUT2D eigenvalue weighted by Gasteiger charge is -1.97. The zero-order valence-electron chi connectivity index (χ0n) is 5.71. The Labute approximate surface area is 78.6 Å². The van der Waals surface area contributed by atoms with Gasteiger partial charge >= 0.3 is 0 Å². The van der Waals surface area contributed by atoms with Crippen molar-refractivity contribution in [3.8, 4) is 6.07 Å². The molecule has 0 unspecified atom stereocenters. The number of aliphatic hydroxyl groups is 1. The molecule has 1 rings (SSSR count). The summed E-state index contributed by atoms with van der Waals surface area (Å²) in [6.45, 7) is 0.0295. The van der Waals surface area contributed by atoms with Crippen LogP contribution in [0.25, 0.3) is 0 Å². The van der Waals surface area contributed by atoms with Crippen LogP contribution in [0.2, 0.25) is 0 Å². The molecule has 1 N–H and O–H groups in total. The third-order valence-corrected chi connectivity index (χ3v) is 2.23. The Bertz CT molecular complexity index is 303. The number of nitrogens with zero attached hydrogens (tertiary/aromatic N) is 1. The fraction of sp³-hybridized carbons (Fsp3) is 0.125. The Morgan fingerprint density at radius 1 is 1.55 bits per heavy atom. The highest BCUT2D eigenvalue weighted by Crippen LogP contribution is 2.13. The number of benzene rings is 1. The first-order chi connectivity index (χ1) is 5.27. The van der Waals surface area contributed by atoms with E-state index in [0.29, 0.717) is 5.56 Å². The molecule has 1 aromatic rings. The van der Waals surface area contributed by atoms with E-state index in [4.69, 9.17) is 10.4 Å². The Morgan fingerprint density at radius 3 is 2.73 bits per heavy atom. The fourth-order valence-electron chi connectivity index (χ4n) is 0.748. The van der Waals surface area contributed by atoms with Crippen molar-refractivity contribution in [2.75, 3.05) is 0 Å². The summed E-state index contributed by atoms with van der Waals surface area (Å²) >= 11 is 2.08. The summed E-state index contributed by atoms with van der Waals surface area (Å²) in [6.07, 6.45) is 0. The topological polar surface area (TPSA) is 44.0 Å². The Kier molecular flexibility index (Phi) is 2.85. The lowest BCUT2D eigenvalue weighted by molar-refractivity contribution is 0.282. The molecule has 56 valence electrons. The van der Waals surface area contributed by atoms with E-state index in [-0.39, 0.29) is 6.61 Å². The van der Waals surface area contributed by atoms with Crippen molar-refractivity contribution in [3.63, 3.8) is 0 Å². The SMILES string of the molecule is N#Cc1ccc(CO)cc1I. The van der Waals surface area contributed by atoms with Crippen LogP contribution in [-0.2, 0) is 6.61 Å². The third-order valence-electron chi connectivity index (χ3n) is 1.34. The number of hydrogen-bond donors (Lipinski definition) is 1. The number of hydrogen-bond acceptors (Lipinski definition) is 2. The van der Waals surface area contributed by atoms with E-state index in [0.717, 1.165) is 9.13 Å². The molecule has 0 atom stereocenters. The molecule has 11 heavy (non-hydrogen) atoms. The first-order valence-electron chi connectivity index (χ1n) is 3.07. The summed E-state index contributed by atoms with van der Waals surface area (Å²) in [4.78, 5) is 0. The van der Waals surface area contributed by atoms with E-state index in [1.807, 2.05) is 0 Å². The molecule has 0 heterocycles. The van der Waals surface area contributed by atoms with Gasteiger partial charge in [0.1, 0.15) is 6.07 Å². The first-order valence-corrected chi connectivity index (χ1v) is 4.15. The van der Waals surface area contributed by atoms with Crippen LogP contribution in [0.4, 0.5) is 0 Å². The van der Waals surface area contributed by atoms with Crippen molar-refractivity contribution < 1.29 is 5.11 Å². The second-order valence-corrected chi connectivity index (χ2v) is 3.25. The van der Waals surface area contributed by atoms with Crippen LogP contribution in [0.3, 0.4) is 0 Å². The molecule has 0 saturated heterocycles. The van der Waals surface area contributed by atoms with Gasteiger partial charge in [-0.1, -0.05) is 6.07 Å². The summed E-state index contributed by atoms with van der Waals surface area (Å²) in [5.41, 5.74) is 1.50. The molecule has 2 nitrogen and oxygen atoms in total. The van der Waals surface area contributed by atoms with Crippen molar-refractivity contribution >= 4 is 22.6 Å². The Morgan fingerprint density at radius 2 is 2.27 bits per heavy atom. The number of nitriles is 1. The van der Waals surface area contributed by atoms with Gasteiger partial charge in [-0.05, 0) is 40.3 Å². The largest absolute Gasteiger partial charge is 0.392 e. The van der Waals surface area contributed by atoms with Crippen molar-refractivity contribution in [1.82, 2.24) is 0 Å². The lowest BCUT2D eigenvalue weighted by atomic mass is 10.2. The molecule has 0 saturated carbocycles. The van der Waals surface area contributed by atoms with E-state index < -0.39 is 0 Å². The van der Waals surface area contributed by atoms with Crippen LogP contribution in [-0.4, -0.2) is 5.11 Å². The molecule has 0 aliphatic rings. The maximum Gasteiger partial charge on any atom is 0.100 e. The first kappa shape index (κ1) is 8.50. The van der Waals surface area contributed by atoms with Gasteiger partial charge in [0.25, 0.3) is 0 Å². The predicted octanol–water partition coefficient (Wildman–Crippen LogP) is 1.66. The normalized spacial score (nSPS) is 9.18. The predicted molar refractivity (Wildman–Crippen MR) is 49.8 cm³/mol. The molecule has 0 bridgehead atoms. The minimum Gasteiger partial charge on any atom is -0.392 e. The smallest absolute Gasteiger partial charge is 0.100 e. The highest BCUT2D eigenvalue weighted by atomic mass is 127. The van der Waals surface area contributed by atoms with Crippen LogP contribution in [0, 0.1) is 14.9 Å². The van der Waals surface area contributed by atoms with E-state index in [9.17, 15) is 0 Å². The van der Waals surface area contributed by atoms with E-state index in [2.05, 4.69) is 28.7 Å². The van der Waals surface area contributed by atoms with Crippen LogP contribution >= 0.6 is 22.6 Å². The average Bonchev–Trinajstić information content (AvgIpc) is 2.04. The van der Waals surface area contributed by atoms with Crippen molar-refractivity contribution in [2.24, 2.45) is 0 Å². The van der Waals surface area contributed by atoms with Crippen LogP contribution < -0.4 is 0 Å². The summed E-state index contributed by atoms with van der Waals surface area (Å²) < 4.78 is 0.886. The van der Waals surface area contributed by atoms with Gasteiger partial charge in [0, 0.05) is 3.57 Å². The van der Waals surface area contributed by atoms with Crippen LogP contribution in [0.15, 0.2) is 18.2 Å². The Hall–Kier alpha value is -0.600. The van der Waals surface area contributed by atoms with Gasteiger partial charge in [-0.25, -0.2) is 0 Å². The molecular weight excluding hydrogens is 253 g/mol. The zero-order valence-corrected chi connectivity index (χ0v) is 7.87. The van der Waals surface area contributed by atoms with Gasteiger partial charge in [-0.3, -0.25) is 0 Å². The summed E-state index contributed by atoms with van der Waals surface area (Å²) in [5, 5.41) is 17.3. The average molecular weight is 259 g/mol. The third kappa shape index (κ3) is 1.91. The maximum absolute atomic E-state index is 8.74. The van der Waals surface area contributed by atoms with Gasteiger partial charge in [0.15, 0.2) is 0 Å². The summed E-state index contributed by atoms with van der Waals surface area (Å²) in [5.74, 6) is 0. The minimum absolute atomic E-state index is 0.0295. The second-order valence-electron chi connectivity index (χ2n) is 2.08. The van der Waals surface area contributed by atoms with Gasteiger partial charge in [-0.2, -0.15) is 5.26 Å². The van der Waals surface area contributed by atoms with E-state index in [1.165, 1.54) is 0 Å². The zero-order chi connectivity index (χ0) is 8.27. The Balaban J connectivity index is 3.12. The van der Waals surface area contributed by atoms with Gasteiger partial charge in [0.05, 0.1) is 12.2 Å². The molecule has 1 aromatic carbocycles. The van der Waals surface area contributed by atoms with Gasteiger partial charge < -0.3 is 5.11 Å². The fourth-order valence-corrected chi connectivity index (χ4v) is 1.45. The lowest BCUT2D eigenvalue weighted by Crippen LogP contribution is -1.86. The molecule has 0 aromatic heterocycles. The van der Waals surface area contributed by atoms with Crippen molar-refractivity contribution in [1.29, 1.82) is 5.26 Å². The quantitative estimate of drug-likeness (QED) is 0.779. The van der Waals surface area contributed by atoms with Gasteiger partial charge in [-0.15, -0.1) is 0 Å². The van der Waals surface area contributed by atoms with E-state index in [1.54, 1.807) is 18.2 Å². The highest BCUT2D eigenvalue weighted by Gasteiger charge is 1.98. The molecule has 0 aliphatic heterocycles. The maximum atomic E-state index is 8.74. The van der Waals surface area contributed by atoms with Crippen LogP contribution in [0.1, 0.15) is 11.1 Å². The summed E-state index contributed by atoms with van der Waals surface area (Å²) in [7, 11) is 0. The standard InChI is InChI=1S/C8H6INO/c9-8-3-6(5-11)1-2-7(8)4-10/h1-3,11H,5H2. The second kappa shape index (κ2) is 3.69. The summed E-state index contributed by atoms with van der Waals surface area (Å²) in [6, 6.07) is 7.33. The minimum atomic E-state index is 0.0295. The van der Waals surface area contributed by atoms with Crippen molar-refractivity contribution in [3.05, 3.63) is 32.9 Å². The molecule has 3 heteroatoms. The molecule has 0 amide bonds. The van der Waals surface area contributed by atoms with Crippen molar-refractivity contribution in [2.45, 2.75) is 6.61 Å². The monoisotopic (exact) mass is 259 g/mol. The van der Waals surface area contributed by atoms with Crippen LogP contribution in [0.5, 0.6) is 0 Å². The molecule has 0 fully saturated rings. The van der Waals surface area contributed by atoms with E-state index >= 15 is 0 Å². The molecular formula is C8H6INO. The molecule has 0 radical (unpaired) electrons. The number of aliphatic hydroxyl groups excluding tert-OH is 1. The molecule has 0 aliphatic carbocycles. The number of halogens is 1.